The molecular weight excluding hydrogens is 806 g/mol. The first-order valence-electron chi connectivity index (χ1n) is 17.1. The average molecular weight is 845 g/mol. The molecule has 270 valence electrons. The molecule has 0 spiro atoms. The standard InChI is InChI=1S/C21H20BN2O2.C12H7N2.C9H12BBrO2.BrH/c1-25-22(26-2)17-7-3-6-16(14-17)15-24-13-5-9-19-18-8-4-12-23-20(18)10-11-21(19)24;1-3-9-10-4-2-8-14-12(10)6-5-11(9)13-7-1;1-12-10(13-2)9-5-3-4-8(6-9)7-11;/h3-14H,15H2,1-2H3;1-7H;3-6H,7H2,1-2H3;1H/q2*+1;;/p-1. The minimum Gasteiger partial charge on any atom is -1.00 e. The molecule has 0 aliphatic carbocycles. The van der Waals surface area contributed by atoms with Crippen LogP contribution in [0.1, 0.15) is 16.7 Å². The van der Waals surface area contributed by atoms with Crippen LogP contribution in [0.3, 0.4) is 0 Å². The van der Waals surface area contributed by atoms with Crippen molar-refractivity contribution in [3.8, 4) is 0 Å². The summed E-state index contributed by atoms with van der Waals surface area (Å²) < 4.78 is 23.3. The van der Waals surface area contributed by atoms with Gasteiger partial charge in [0.05, 0.1) is 22.5 Å². The summed E-state index contributed by atoms with van der Waals surface area (Å²) in [5.74, 6) is 0. The molecule has 8 rings (SSSR count). The fourth-order valence-corrected chi connectivity index (χ4v) is 6.66. The number of pyridine rings is 3. The van der Waals surface area contributed by atoms with Crippen LogP contribution in [0.5, 0.6) is 0 Å². The molecule has 4 heterocycles. The Hall–Kier alpha value is -4.64. The molecule has 0 saturated carbocycles. The van der Waals surface area contributed by atoms with Crippen molar-refractivity contribution in [2.45, 2.75) is 11.9 Å². The number of benzene rings is 4. The van der Waals surface area contributed by atoms with Crippen LogP contribution >= 0.6 is 15.9 Å². The number of aromatic nitrogens is 3. The Kier molecular flexibility index (Phi) is 15.1. The van der Waals surface area contributed by atoms with E-state index >= 15 is 0 Å². The van der Waals surface area contributed by atoms with Crippen LogP contribution in [-0.4, -0.2) is 58.9 Å². The molecule has 0 amide bonds. The van der Waals surface area contributed by atoms with E-state index in [1.54, 1.807) is 34.6 Å². The fourth-order valence-electron chi connectivity index (χ4n) is 6.31. The first-order chi connectivity index (χ1) is 26.1. The van der Waals surface area contributed by atoms with Crippen LogP contribution in [0.4, 0.5) is 5.69 Å². The zero-order chi connectivity index (χ0) is 37.0. The van der Waals surface area contributed by atoms with E-state index in [0.29, 0.717) is 0 Å². The van der Waals surface area contributed by atoms with Gasteiger partial charge in [0.25, 0.3) is 0 Å². The van der Waals surface area contributed by atoms with Gasteiger partial charge in [-0.15, -0.1) is 0 Å². The third kappa shape index (κ3) is 9.71. The van der Waals surface area contributed by atoms with Crippen LogP contribution < -0.4 is 32.5 Å². The van der Waals surface area contributed by atoms with E-state index in [1.165, 1.54) is 27.4 Å². The number of hydrogen-bond donors (Lipinski definition) is 0. The van der Waals surface area contributed by atoms with Crippen molar-refractivity contribution in [1.82, 2.24) is 9.97 Å². The first-order valence-corrected chi connectivity index (χ1v) is 18.2. The topological polar surface area (TPSA) is 78.9 Å². The average Bonchev–Trinajstić information content (AvgIpc) is 3.22. The Bertz CT molecular complexity index is 2370. The second kappa shape index (κ2) is 20.2. The number of alkyl halides is 1. The zero-order valence-electron chi connectivity index (χ0n) is 30.5. The van der Waals surface area contributed by atoms with Gasteiger partial charge >= 0.3 is 14.2 Å². The molecule has 54 heavy (non-hydrogen) atoms. The number of allylic oxidation sites excluding steroid dienone is 1. The molecule has 0 radical (unpaired) electrons. The zero-order valence-corrected chi connectivity index (χ0v) is 33.7. The Morgan fingerprint density at radius 1 is 0.648 bits per heavy atom. The minimum atomic E-state index is -0.345. The summed E-state index contributed by atoms with van der Waals surface area (Å²) in [6.45, 7) is 0.775. The van der Waals surface area contributed by atoms with E-state index in [2.05, 4.69) is 109 Å². The number of hydrogen-bond acceptors (Lipinski definition) is 7. The highest BCUT2D eigenvalue weighted by atomic mass is 79.9. The third-order valence-corrected chi connectivity index (χ3v) is 9.41. The lowest BCUT2D eigenvalue weighted by Gasteiger charge is -2.10. The van der Waals surface area contributed by atoms with Crippen molar-refractivity contribution in [2.75, 3.05) is 28.4 Å². The SMILES string of the molecule is COB(OC)c1cccc(CBr)c1.COB(OC)c1cccc(C[n+]2cccc3c4cccnc4ccc32)c1.[Br-].[C+]1=Nc2ccc3ncccc3c2C=C1. The molecule has 12 heteroatoms. The quantitative estimate of drug-likeness (QED) is 0.0717. The van der Waals surface area contributed by atoms with Gasteiger partial charge in [0.15, 0.2) is 24.6 Å². The van der Waals surface area contributed by atoms with Crippen molar-refractivity contribution in [2.24, 2.45) is 4.99 Å². The van der Waals surface area contributed by atoms with Crippen LogP contribution in [0.15, 0.2) is 139 Å². The fraction of sp³-hybridized carbons (Fsp3) is 0.143. The first kappa shape index (κ1) is 40.5. The number of rotatable bonds is 9. The van der Waals surface area contributed by atoms with Crippen molar-refractivity contribution >= 4 is 91.8 Å². The summed E-state index contributed by atoms with van der Waals surface area (Å²) in [5, 5.41) is 4.38. The number of nitrogens with zero attached hydrogens (tertiary/aromatic N) is 4. The molecule has 3 aromatic heterocycles. The lowest BCUT2D eigenvalue weighted by molar-refractivity contribution is -0.662. The van der Waals surface area contributed by atoms with Crippen LogP contribution in [0, 0.1) is 0 Å². The Morgan fingerprint density at radius 2 is 1.24 bits per heavy atom. The van der Waals surface area contributed by atoms with Gasteiger partial charge in [0, 0.05) is 80.7 Å². The van der Waals surface area contributed by atoms with E-state index in [-0.39, 0.29) is 31.2 Å². The van der Waals surface area contributed by atoms with E-state index in [4.69, 9.17) is 18.6 Å². The largest absolute Gasteiger partial charge is 1.00 e. The molecule has 4 aromatic carbocycles. The van der Waals surface area contributed by atoms with Gasteiger partial charge in [-0.05, 0) is 52.9 Å². The molecular formula is C42H39B2Br2N4O4+. The third-order valence-electron chi connectivity index (χ3n) is 8.77. The maximum absolute atomic E-state index is 5.37. The predicted molar refractivity (Wildman–Crippen MR) is 221 cm³/mol. The minimum absolute atomic E-state index is 0. The van der Waals surface area contributed by atoms with Gasteiger partial charge < -0.3 is 35.6 Å². The molecule has 1 aliphatic heterocycles. The van der Waals surface area contributed by atoms with Crippen molar-refractivity contribution in [3.05, 3.63) is 151 Å². The van der Waals surface area contributed by atoms with Gasteiger partial charge in [0.1, 0.15) is 11.6 Å². The summed E-state index contributed by atoms with van der Waals surface area (Å²) in [7, 11) is 5.96. The highest BCUT2D eigenvalue weighted by Crippen LogP contribution is 2.30. The Labute approximate surface area is 336 Å². The van der Waals surface area contributed by atoms with E-state index in [1.807, 2.05) is 66.9 Å². The van der Waals surface area contributed by atoms with Gasteiger partial charge in [-0.2, -0.15) is 4.57 Å². The maximum Gasteiger partial charge on any atom is 0.493 e. The van der Waals surface area contributed by atoms with Gasteiger partial charge in [-0.1, -0.05) is 75.5 Å². The Balaban J connectivity index is 0.000000169. The molecule has 0 saturated heterocycles. The van der Waals surface area contributed by atoms with E-state index < -0.39 is 0 Å². The number of aliphatic imine (C=N–C) groups is 1. The highest BCUT2D eigenvalue weighted by molar-refractivity contribution is 9.08. The molecule has 0 N–H and O–H groups in total. The summed E-state index contributed by atoms with van der Waals surface area (Å²) in [6, 6.07) is 37.0. The second-order valence-electron chi connectivity index (χ2n) is 12.1. The molecule has 0 fully saturated rings. The molecule has 0 unspecified atom stereocenters. The normalized spacial score (nSPS) is 11.1. The molecule has 1 aliphatic rings. The Morgan fingerprint density at radius 3 is 1.91 bits per heavy atom. The van der Waals surface area contributed by atoms with Crippen molar-refractivity contribution in [3.63, 3.8) is 0 Å². The number of fused-ring (bicyclic) bond motifs is 6. The molecule has 0 atom stereocenters. The van der Waals surface area contributed by atoms with Gasteiger partial charge in [0.2, 0.25) is 5.52 Å². The monoisotopic (exact) mass is 843 g/mol. The maximum atomic E-state index is 5.37. The molecule has 0 bridgehead atoms. The second-order valence-corrected chi connectivity index (χ2v) is 12.6. The van der Waals surface area contributed by atoms with Crippen LogP contribution in [0.25, 0.3) is 38.8 Å². The van der Waals surface area contributed by atoms with Gasteiger partial charge in [-0.25, -0.2) is 0 Å². The summed E-state index contributed by atoms with van der Waals surface area (Å²) in [5.41, 5.74) is 9.79. The van der Waals surface area contributed by atoms with Crippen LogP contribution in [0.2, 0.25) is 0 Å². The van der Waals surface area contributed by atoms with Crippen molar-refractivity contribution in [1.29, 1.82) is 0 Å². The smallest absolute Gasteiger partial charge is 0.493 e. The molecule has 8 nitrogen and oxygen atoms in total. The number of halogens is 2. The van der Waals surface area contributed by atoms with E-state index in [9.17, 15) is 0 Å². The lowest BCUT2D eigenvalue weighted by atomic mass is 9.78. The molecule has 7 aromatic rings. The summed E-state index contributed by atoms with van der Waals surface area (Å²) >= 11 is 3.40. The summed E-state index contributed by atoms with van der Waals surface area (Å²) in [4.78, 5) is 12.9. The highest BCUT2D eigenvalue weighted by Gasteiger charge is 2.20. The van der Waals surface area contributed by atoms with Crippen LogP contribution in [-0.2, 0) is 30.5 Å². The van der Waals surface area contributed by atoms with Gasteiger partial charge in [-0.3, -0.25) is 9.97 Å². The summed E-state index contributed by atoms with van der Waals surface area (Å²) in [6.07, 6.45) is 12.4. The lowest BCUT2D eigenvalue weighted by Crippen LogP contribution is -3.00. The van der Waals surface area contributed by atoms with Crippen molar-refractivity contribution < 1.29 is 40.2 Å². The predicted octanol–water partition coefficient (Wildman–Crippen LogP) is 4.13. The van der Waals surface area contributed by atoms with E-state index in [0.717, 1.165) is 50.5 Å².